The third-order valence-electron chi connectivity index (χ3n) is 4.28. The normalized spacial score (nSPS) is 14.0. The number of hydrogen-bond donors (Lipinski definition) is 1. The third-order valence-corrected chi connectivity index (χ3v) is 4.28. The highest BCUT2D eigenvalue weighted by molar-refractivity contribution is 6.06. The quantitative estimate of drug-likeness (QED) is 0.671. The molecule has 0 atom stereocenters. The van der Waals surface area contributed by atoms with Gasteiger partial charge in [0.1, 0.15) is 0 Å². The van der Waals surface area contributed by atoms with Gasteiger partial charge in [-0.1, -0.05) is 18.2 Å². The maximum atomic E-state index is 12.7. The Labute approximate surface area is 146 Å². The molecule has 2 aromatic rings. The zero-order valence-electron chi connectivity index (χ0n) is 14.1. The minimum atomic E-state index is -0.225. The molecule has 0 aromatic heterocycles. The number of methoxy groups -OCH3 is 1. The van der Waals surface area contributed by atoms with E-state index in [1.807, 2.05) is 36.4 Å². The highest BCUT2D eigenvalue weighted by Crippen LogP contribution is 2.26. The first-order chi connectivity index (χ1) is 12.1. The molecule has 0 bridgehead atoms. The number of esters is 1. The Bertz CT molecular complexity index is 774. The molecule has 1 saturated heterocycles. The first-order valence-electron chi connectivity index (χ1n) is 8.19. The predicted octanol–water partition coefficient (Wildman–Crippen LogP) is 2.82. The van der Waals surface area contributed by atoms with Crippen molar-refractivity contribution >= 4 is 29.1 Å². The molecule has 25 heavy (non-hydrogen) atoms. The molecule has 6 nitrogen and oxygen atoms in total. The van der Waals surface area contributed by atoms with Gasteiger partial charge in [0.25, 0.3) is 0 Å². The van der Waals surface area contributed by atoms with Gasteiger partial charge < -0.3 is 10.5 Å². The van der Waals surface area contributed by atoms with Gasteiger partial charge in [-0.05, 0) is 42.3 Å². The molecule has 1 aliphatic rings. The molecule has 0 unspecified atom stereocenters. The Hall–Kier alpha value is -3.02. The molecule has 2 amide bonds. The van der Waals surface area contributed by atoms with Gasteiger partial charge in [0.15, 0.2) is 0 Å². The van der Waals surface area contributed by atoms with Crippen LogP contribution in [0.3, 0.4) is 0 Å². The van der Waals surface area contributed by atoms with E-state index in [-0.39, 0.29) is 12.0 Å². The predicted molar refractivity (Wildman–Crippen MR) is 97.7 cm³/mol. The summed E-state index contributed by atoms with van der Waals surface area (Å²) >= 11 is 0. The van der Waals surface area contributed by atoms with E-state index >= 15 is 0 Å². The van der Waals surface area contributed by atoms with E-state index in [0.717, 1.165) is 16.9 Å². The van der Waals surface area contributed by atoms with Crippen LogP contribution >= 0.6 is 0 Å². The largest absolute Gasteiger partial charge is 0.469 e. The number of hydrogen-bond acceptors (Lipinski definition) is 4. The van der Waals surface area contributed by atoms with Crippen molar-refractivity contribution in [2.45, 2.75) is 12.8 Å². The van der Waals surface area contributed by atoms with E-state index in [4.69, 9.17) is 5.73 Å². The van der Waals surface area contributed by atoms with Crippen molar-refractivity contribution in [2.75, 3.05) is 35.7 Å². The van der Waals surface area contributed by atoms with E-state index in [1.165, 1.54) is 7.11 Å². The summed E-state index contributed by atoms with van der Waals surface area (Å²) in [5, 5.41) is 0. The van der Waals surface area contributed by atoms with Crippen molar-refractivity contribution in [1.29, 1.82) is 0 Å². The number of nitrogen functional groups attached to an aromatic ring is 1. The second kappa shape index (κ2) is 7.25. The minimum absolute atomic E-state index is 0.0621. The molecule has 0 saturated carbocycles. The lowest BCUT2D eigenvalue weighted by Crippen LogP contribution is -2.31. The lowest BCUT2D eigenvalue weighted by atomic mass is 10.1. The van der Waals surface area contributed by atoms with Crippen LogP contribution in [0.1, 0.15) is 12.0 Å². The van der Waals surface area contributed by atoms with Gasteiger partial charge in [-0.25, -0.2) is 4.79 Å². The Morgan fingerprint density at radius 1 is 1.08 bits per heavy atom. The molecule has 2 aromatic carbocycles. The molecule has 6 heteroatoms. The van der Waals surface area contributed by atoms with Gasteiger partial charge in [0.2, 0.25) is 0 Å². The van der Waals surface area contributed by atoms with Gasteiger partial charge in [-0.2, -0.15) is 0 Å². The van der Waals surface area contributed by atoms with Crippen LogP contribution in [0.25, 0.3) is 0 Å². The Morgan fingerprint density at radius 2 is 1.76 bits per heavy atom. The zero-order valence-corrected chi connectivity index (χ0v) is 14.1. The fourth-order valence-electron chi connectivity index (χ4n) is 2.90. The number of carbonyl (C=O) groups excluding carboxylic acids is 2. The molecule has 3 rings (SSSR count). The van der Waals surface area contributed by atoms with Gasteiger partial charge >= 0.3 is 12.0 Å². The van der Waals surface area contributed by atoms with Crippen molar-refractivity contribution in [3.05, 3.63) is 54.1 Å². The summed E-state index contributed by atoms with van der Waals surface area (Å²) < 4.78 is 4.65. The SMILES string of the molecule is COC(=O)CCc1ccc(N2CCN(c3cccc(N)c3)C2=O)cc1. The number of ether oxygens (including phenoxy) is 1. The van der Waals surface area contributed by atoms with Gasteiger partial charge in [0, 0.05) is 36.6 Å². The lowest BCUT2D eigenvalue weighted by Gasteiger charge is -2.19. The topological polar surface area (TPSA) is 75.9 Å². The highest BCUT2D eigenvalue weighted by Gasteiger charge is 2.30. The van der Waals surface area contributed by atoms with Crippen LogP contribution < -0.4 is 15.5 Å². The van der Waals surface area contributed by atoms with Crippen LogP contribution in [0.2, 0.25) is 0 Å². The standard InChI is InChI=1S/C19H21N3O3/c1-25-18(23)10-7-14-5-8-16(9-6-14)21-11-12-22(19(21)24)17-4-2-3-15(20)13-17/h2-6,8-9,13H,7,10-12,20H2,1H3. The Morgan fingerprint density at radius 3 is 2.40 bits per heavy atom. The molecule has 1 aliphatic heterocycles. The third kappa shape index (κ3) is 3.74. The molecular weight excluding hydrogens is 318 g/mol. The number of benzene rings is 2. The van der Waals surface area contributed by atoms with E-state index in [9.17, 15) is 9.59 Å². The summed E-state index contributed by atoms with van der Waals surface area (Å²) in [7, 11) is 1.39. The van der Waals surface area contributed by atoms with Gasteiger partial charge in [-0.3, -0.25) is 14.6 Å². The second-order valence-corrected chi connectivity index (χ2v) is 5.92. The second-order valence-electron chi connectivity index (χ2n) is 5.92. The van der Waals surface area contributed by atoms with Crippen LogP contribution in [-0.4, -0.2) is 32.2 Å². The lowest BCUT2D eigenvalue weighted by molar-refractivity contribution is -0.140. The number of urea groups is 1. The smallest absolute Gasteiger partial charge is 0.329 e. The minimum Gasteiger partial charge on any atom is -0.469 e. The van der Waals surface area contributed by atoms with Gasteiger partial charge in [-0.15, -0.1) is 0 Å². The summed E-state index contributed by atoms with van der Waals surface area (Å²) in [5.41, 5.74) is 9.14. The zero-order chi connectivity index (χ0) is 17.8. The van der Waals surface area contributed by atoms with Crippen molar-refractivity contribution in [2.24, 2.45) is 0 Å². The Kier molecular flexibility index (Phi) is 4.88. The van der Waals surface area contributed by atoms with Crippen LogP contribution in [-0.2, 0) is 16.0 Å². The van der Waals surface area contributed by atoms with Crippen molar-refractivity contribution < 1.29 is 14.3 Å². The van der Waals surface area contributed by atoms with Crippen LogP contribution in [0.4, 0.5) is 21.9 Å². The average Bonchev–Trinajstić information content (AvgIpc) is 3.01. The molecule has 2 N–H and O–H groups in total. The molecule has 130 valence electrons. The van der Waals surface area contributed by atoms with Gasteiger partial charge in [0.05, 0.1) is 7.11 Å². The maximum absolute atomic E-state index is 12.7. The molecule has 0 radical (unpaired) electrons. The first-order valence-corrected chi connectivity index (χ1v) is 8.19. The first kappa shape index (κ1) is 16.8. The summed E-state index contributed by atoms with van der Waals surface area (Å²) in [6, 6.07) is 15.0. The van der Waals surface area contributed by atoms with E-state index in [1.54, 1.807) is 21.9 Å². The molecular formula is C19H21N3O3. The fourth-order valence-corrected chi connectivity index (χ4v) is 2.90. The van der Waals surface area contributed by atoms with Crippen LogP contribution in [0.15, 0.2) is 48.5 Å². The number of anilines is 3. The summed E-state index contributed by atoms with van der Waals surface area (Å²) in [6.45, 7) is 1.24. The van der Waals surface area contributed by atoms with E-state index < -0.39 is 0 Å². The molecule has 1 fully saturated rings. The number of nitrogens with two attached hydrogens (primary N) is 1. The van der Waals surface area contributed by atoms with E-state index in [0.29, 0.717) is 31.6 Å². The average molecular weight is 339 g/mol. The number of amides is 2. The summed E-state index contributed by atoms with van der Waals surface area (Å²) in [4.78, 5) is 27.4. The maximum Gasteiger partial charge on any atom is 0.329 e. The monoisotopic (exact) mass is 339 g/mol. The number of aryl methyl sites for hydroxylation is 1. The fraction of sp³-hybridized carbons (Fsp3) is 0.263. The molecule has 0 aliphatic carbocycles. The van der Waals surface area contributed by atoms with Crippen molar-refractivity contribution in [1.82, 2.24) is 0 Å². The number of rotatable bonds is 5. The molecule has 0 spiro atoms. The number of carbonyl (C=O) groups is 2. The summed E-state index contributed by atoms with van der Waals surface area (Å²) in [5.74, 6) is -0.225. The van der Waals surface area contributed by atoms with Crippen molar-refractivity contribution in [3.8, 4) is 0 Å². The Balaban J connectivity index is 1.68. The van der Waals surface area contributed by atoms with Crippen LogP contribution in [0, 0.1) is 0 Å². The van der Waals surface area contributed by atoms with E-state index in [2.05, 4.69) is 4.74 Å². The number of nitrogens with zero attached hydrogens (tertiary/aromatic N) is 2. The van der Waals surface area contributed by atoms with Crippen LogP contribution in [0.5, 0.6) is 0 Å². The molecule has 1 heterocycles. The van der Waals surface area contributed by atoms with Crippen molar-refractivity contribution in [3.63, 3.8) is 0 Å². The summed E-state index contributed by atoms with van der Waals surface area (Å²) in [6.07, 6.45) is 0.970. The highest BCUT2D eigenvalue weighted by atomic mass is 16.5.